The number of ether oxygens (including phenoxy) is 1. The van der Waals surface area contributed by atoms with Crippen LogP contribution in [0.2, 0.25) is 25.7 Å². The number of allylic oxidation sites excluding steroid dienone is 2. The second kappa shape index (κ2) is 9.44. The molecule has 0 unspecified atom stereocenters. The summed E-state index contributed by atoms with van der Waals surface area (Å²) in [6, 6.07) is 5.31. The fourth-order valence-corrected chi connectivity index (χ4v) is 4.69. The fourth-order valence-electron chi connectivity index (χ4n) is 2.97. The lowest BCUT2D eigenvalue weighted by molar-refractivity contribution is 0.0899. The Morgan fingerprint density at radius 3 is 2.86 bits per heavy atom. The van der Waals surface area contributed by atoms with Crippen LogP contribution in [0.25, 0.3) is 27.2 Å². The van der Waals surface area contributed by atoms with Crippen molar-refractivity contribution in [2.45, 2.75) is 52.2 Å². The zero-order valence-electron chi connectivity index (χ0n) is 17.5. The van der Waals surface area contributed by atoms with Gasteiger partial charge in [0.15, 0.2) is 0 Å². The van der Waals surface area contributed by atoms with Gasteiger partial charge in [-0.1, -0.05) is 33.0 Å². The van der Waals surface area contributed by atoms with Gasteiger partial charge in [0.1, 0.15) is 23.7 Å². The van der Waals surface area contributed by atoms with Crippen molar-refractivity contribution in [2.75, 3.05) is 6.61 Å². The lowest BCUT2D eigenvalue weighted by atomic mass is 10.1. The van der Waals surface area contributed by atoms with E-state index in [1.807, 2.05) is 23.0 Å². The van der Waals surface area contributed by atoms with Crippen molar-refractivity contribution in [2.24, 2.45) is 0 Å². The van der Waals surface area contributed by atoms with Gasteiger partial charge in [-0.3, -0.25) is 0 Å². The van der Waals surface area contributed by atoms with Gasteiger partial charge in [0, 0.05) is 38.5 Å². The molecule has 0 N–H and O–H groups in total. The van der Waals surface area contributed by atoms with Gasteiger partial charge in [-0.2, -0.15) is 5.26 Å². The third kappa shape index (κ3) is 5.38. The summed E-state index contributed by atoms with van der Waals surface area (Å²) in [4.78, 5) is 14.5. The Hall–Kier alpha value is -2.34. The van der Waals surface area contributed by atoms with Gasteiger partial charge in [0.05, 0.1) is 16.6 Å². The maximum absolute atomic E-state index is 9.04. The monoisotopic (exact) mass is 425 g/mol. The molecule has 0 bridgehead atoms. The minimum Gasteiger partial charge on any atom is -0.361 e. The third-order valence-electron chi connectivity index (χ3n) is 4.55. The summed E-state index contributed by atoms with van der Waals surface area (Å²) in [5.74, 6) is 0. The van der Waals surface area contributed by atoms with Gasteiger partial charge < -0.3 is 9.30 Å². The van der Waals surface area contributed by atoms with E-state index in [9.17, 15) is 0 Å². The molecule has 0 spiro atoms. The van der Waals surface area contributed by atoms with Gasteiger partial charge in [-0.05, 0) is 24.1 Å². The Morgan fingerprint density at radius 1 is 1.31 bits per heavy atom. The number of hydrogen-bond acceptors (Lipinski definition) is 6. The minimum atomic E-state index is -1.10. The standard InChI is InChI=1S/C21H27N5OSSi/c1-5-6-16(7-9-22)21-23-13-18(28-21)19-17-8-10-26(20(17)25-14-24-19)15-27-11-12-29(2,3)4/h7-8,10,13-14H,5-6,11-12,15H2,1-4H3. The van der Waals surface area contributed by atoms with E-state index >= 15 is 0 Å². The van der Waals surface area contributed by atoms with E-state index in [2.05, 4.69) is 47.6 Å². The van der Waals surface area contributed by atoms with Crippen molar-refractivity contribution >= 4 is 36.0 Å². The highest BCUT2D eigenvalue weighted by Crippen LogP contribution is 2.33. The summed E-state index contributed by atoms with van der Waals surface area (Å²) >= 11 is 1.57. The van der Waals surface area contributed by atoms with Crippen LogP contribution in [0, 0.1) is 11.3 Å². The van der Waals surface area contributed by atoms with Crippen LogP contribution in [0.15, 0.2) is 30.9 Å². The molecular weight excluding hydrogens is 398 g/mol. The molecule has 29 heavy (non-hydrogen) atoms. The minimum absolute atomic E-state index is 0.490. The van der Waals surface area contributed by atoms with Crippen molar-refractivity contribution in [3.05, 3.63) is 35.9 Å². The maximum atomic E-state index is 9.04. The highest BCUT2D eigenvalue weighted by Gasteiger charge is 2.15. The molecular formula is C21H27N5OSSi. The molecule has 0 amide bonds. The van der Waals surface area contributed by atoms with Gasteiger partial charge in [0.2, 0.25) is 0 Å². The number of thiazole rings is 1. The van der Waals surface area contributed by atoms with Crippen LogP contribution in [0.4, 0.5) is 0 Å². The lowest BCUT2D eigenvalue weighted by Gasteiger charge is -2.15. The molecule has 0 saturated heterocycles. The first kappa shape index (κ1) is 21.4. The zero-order chi connectivity index (χ0) is 20.9. The van der Waals surface area contributed by atoms with Crippen LogP contribution < -0.4 is 0 Å². The first-order chi connectivity index (χ1) is 13.9. The van der Waals surface area contributed by atoms with Crippen LogP contribution in [-0.2, 0) is 11.5 Å². The topological polar surface area (TPSA) is 76.6 Å². The first-order valence-electron chi connectivity index (χ1n) is 9.85. The Kier molecular flexibility index (Phi) is 6.95. The van der Waals surface area contributed by atoms with E-state index in [0.717, 1.165) is 57.7 Å². The average molecular weight is 426 g/mol. The van der Waals surface area contributed by atoms with E-state index < -0.39 is 8.07 Å². The van der Waals surface area contributed by atoms with Gasteiger partial charge in [-0.15, -0.1) is 11.3 Å². The van der Waals surface area contributed by atoms with E-state index in [-0.39, 0.29) is 0 Å². The average Bonchev–Trinajstić information content (AvgIpc) is 3.32. The number of hydrogen-bond donors (Lipinski definition) is 0. The molecule has 0 atom stereocenters. The molecule has 0 aliphatic rings. The maximum Gasteiger partial charge on any atom is 0.145 e. The van der Waals surface area contributed by atoms with Crippen LogP contribution in [0.3, 0.4) is 0 Å². The summed E-state index contributed by atoms with van der Waals surface area (Å²) < 4.78 is 7.91. The van der Waals surface area contributed by atoms with E-state index in [0.29, 0.717) is 6.73 Å². The van der Waals surface area contributed by atoms with Crippen molar-refractivity contribution in [1.29, 1.82) is 5.26 Å². The highest BCUT2D eigenvalue weighted by atomic mass is 32.1. The van der Waals surface area contributed by atoms with Crippen molar-refractivity contribution in [3.63, 3.8) is 0 Å². The summed E-state index contributed by atoms with van der Waals surface area (Å²) in [6.45, 7) is 10.4. The van der Waals surface area contributed by atoms with Gasteiger partial charge in [0.25, 0.3) is 0 Å². The molecule has 0 fully saturated rings. The largest absolute Gasteiger partial charge is 0.361 e. The zero-order valence-corrected chi connectivity index (χ0v) is 19.3. The Morgan fingerprint density at radius 2 is 2.14 bits per heavy atom. The SMILES string of the molecule is CCCC(=CC#N)c1ncc(-c2ncnc3c2ccn3COCC[Si](C)(C)C)s1. The summed E-state index contributed by atoms with van der Waals surface area (Å²) in [6.07, 6.45) is 8.83. The smallest absolute Gasteiger partial charge is 0.145 e. The van der Waals surface area contributed by atoms with E-state index in [1.165, 1.54) is 0 Å². The van der Waals surface area contributed by atoms with Gasteiger partial charge >= 0.3 is 0 Å². The van der Waals surface area contributed by atoms with Crippen LogP contribution in [0.1, 0.15) is 24.8 Å². The molecule has 0 aromatic carbocycles. The molecule has 0 saturated carbocycles. The van der Waals surface area contributed by atoms with Crippen LogP contribution in [0.5, 0.6) is 0 Å². The second-order valence-corrected chi connectivity index (χ2v) is 14.8. The lowest BCUT2D eigenvalue weighted by Crippen LogP contribution is -2.22. The fraction of sp³-hybridized carbons (Fsp3) is 0.429. The quantitative estimate of drug-likeness (QED) is 0.254. The van der Waals surface area contributed by atoms with Crippen molar-refractivity contribution in [1.82, 2.24) is 19.5 Å². The number of fused-ring (bicyclic) bond motifs is 1. The predicted molar refractivity (Wildman–Crippen MR) is 121 cm³/mol. The number of aromatic nitrogens is 4. The van der Waals surface area contributed by atoms with Crippen LogP contribution in [-0.4, -0.2) is 34.2 Å². The second-order valence-electron chi connectivity index (χ2n) is 8.17. The van der Waals surface area contributed by atoms with E-state index in [4.69, 9.17) is 10.00 Å². The van der Waals surface area contributed by atoms with Gasteiger partial charge in [-0.25, -0.2) is 15.0 Å². The Labute approximate surface area is 176 Å². The van der Waals surface area contributed by atoms with Crippen LogP contribution >= 0.6 is 11.3 Å². The number of rotatable bonds is 9. The molecule has 6 nitrogen and oxygen atoms in total. The molecule has 0 radical (unpaired) electrons. The normalized spacial score (nSPS) is 12.4. The third-order valence-corrected chi connectivity index (χ3v) is 7.34. The summed E-state index contributed by atoms with van der Waals surface area (Å²) in [5.41, 5.74) is 2.71. The van der Waals surface area contributed by atoms with E-state index in [1.54, 1.807) is 23.7 Å². The number of nitriles is 1. The molecule has 3 aromatic rings. The molecule has 3 heterocycles. The van der Waals surface area contributed by atoms with Crippen molar-refractivity contribution < 1.29 is 4.74 Å². The highest BCUT2D eigenvalue weighted by molar-refractivity contribution is 7.16. The Bertz CT molecular complexity index is 1040. The molecule has 0 aliphatic carbocycles. The molecule has 3 aromatic heterocycles. The molecule has 0 aliphatic heterocycles. The molecule has 3 rings (SSSR count). The molecule has 8 heteroatoms. The van der Waals surface area contributed by atoms with Crippen molar-refractivity contribution in [3.8, 4) is 16.6 Å². The first-order valence-corrected chi connectivity index (χ1v) is 14.4. The molecule has 152 valence electrons. The Balaban J connectivity index is 1.82. The number of nitrogens with zero attached hydrogens (tertiary/aromatic N) is 5. The summed E-state index contributed by atoms with van der Waals surface area (Å²) in [7, 11) is -1.10. The summed E-state index contributed by atoms with van der Waals surface area (Å²) in [5, 5.41) is 10.9. The predicted octanol–water partition coefficient (Wildman–Crippen LogP) is 5.57.